The molecule has 0 atom stereocenters. The van der Waals surface area contributed by atoms with Crippen molar-refractivity contribution in [3.05, 3.63) is 29.4 Å². The average molecular weight is 310 g/mol. The first kappa shape index (κ1) is 16.8. The molecule has 0 aromatic carbocycles. The second-order valence-electron chi connectivity index (χ2n) is 6.08. The number of esters is 1. The minimum atomic E-state index is -1.10. The maximum Gasteiger partial charge on any atom is 0.525 e. The van der Waals surface area contributed by atoms with Gasteiger partial charge in [-0.15, -0.1) is 0 Å². The number of furan rings is 1. The van der Waals surface area contributed by atoms with Crippen molar-refractivity contribution >= 4 is 19.2 Å². The molecule has 120 valence electrons. The van der Waals surface area contributed by atoms with Crippen LogP contribution in [-0.2, 0) is 14.0 Å². The summed E-state index contributed by atoms with van der Waals surface area (Å²) in [6, 6.07) is 1.41. The molecule has 0 unspecified atom stereocenters. The third-order valence-electron chi connectivity index (χ3n) is 3.89. The van der Waals surface area contributed by atoms with Gasteiger partial charge in [-0.2, -0.15) is 0 Å². The zero-order valence-corrected chi connectivity index (χ0v) is 13.4. The van der Waals surface area contributed by atoms with Crippen molar-refractivity contribution in [3.63, 3.8) is 0 Å². The predicted octanol–water partition coefficient (Wildman–Crippen LogP) is 3.40. The Morgan fingerprint density at radius 3 is 2.45 bits per heavy atom. The van der Waals surface area contributed by atoms with Crippen LogP contribution in [0, 0.1) is 0 Å². The number of hydrogen-bond acceptors (Lipinski definition) is 5. The van der Waals surface area contributed by atoms with Crippen LogP contribution in [0.15, 0.2) is 22.5 Å². The second-order valence-corrected chi connectivity index (χ2v) is 6.08. The van der Waals surface area contributed by atoms with Crippen molar-refractivity contribution in [2.24, 2.45) is 0 Å². The van der Waals surface area contributed by atoms with Crippen molar-refractivity contribution in [2.75, 3.05) is 6.61 Å². The third-order valence-corrected chi connectivity index (χ3v) is 3.89. The highest BCUT2D eigenvalue weighted by molar-refractivity contribution is 6.54. The zero-order chi connectivity index (χ0) is 16.5. The van der Waals surface area contributed by atoms with E-state index in [9.17, 15) is 9.18 Å². The highest BCUT2D eigenvalue weighted by Crippen LogP contribution is 2.39. The standard InChI is InChI=1S/C15H20BFO5/c1-6-19-13(18)10-7-11(20-9-10)8-12(17)16-21-14(2,3)15(4,5)22-16/h7-9H,6H2,1-5H3. The molecule has 0 radical (unpaired) electrons. The molecule has 7 heteroatoms. The Morgan fingerprint density at radius 1 is 1.32 bits per heavy atom. The van der Waals surface area contributed by atoms with Crippen molar-refractivity contribution in [3.8, 4) is 0 Å². The maximum absolute atomic E-state index is 14.3. The molecule has 1 aromatic heterocycles. The number of rotatable bonds is 4. The first-order valence-electron chi connectivity index (χ1n) is 7.14. The molecule has 0 spiro atoms. The third kappa shape index (κ3) is 3.25. The maximum atomic E-state index is 14.3. The molecular formula is C15H20BFO5. The lowest BCUT2D eigenvalue weighted by molar-refractivity contribution is 0.00578. The van der Waals surface area contributed by atoms with E-state index in [-0.39, 0.29) is 17.9 Å². The Bertz CT molecular complexity index is 575. The minimum absolute atomic E-state index is 0.190. The smallest absolute Gasteiger partial charge is 0.464 e. The second kappa shape index (κ2) is 5.89. The van der Waals surface area contributed by atoms with Crippen molar-refractivity contribution < 1.29 is 27.6 Å². The molecular weight excluding hydrogens is 290 g/mol. The van der Waals surface area contributed by atoms with Crippen LogP contribution < -0.4 is 0 Å². The zero-order valence-electron chi connectivity index (χ0n) is 13.4. The summed E-state index contributed by atoms with van der Waals surface area (Å²) in [6.45, 7) is 9.32. The van der Waals surface area contributed by atoms with Crippen LogP contribution in [0.25, 0.3) is 6.08 Å². The van der Waals surface area contributed by atoms with E-state index in [2.05, 4.69) is 0 Å². The fraction of sp³-hybridized carbons (Fsp3) is 0.533. The molecule has 5 nitrogen and oxygen atoms in total. The Kier molecular flexibility index (Phi) is 4.49. The number of ether oxygens (including phenoxy) is 1. The Labute approximate surface area is 129 Å². The monoisotopic (exact) mass is 310 g/mol. The molecule has 0 bridgehead atoms. The van der Waals surface area contributed by atoms with E-state index in [4.69, 9.17) is 18.5 Å². The molecule has 0 amide bonds. The average Bonchev–Trinajstić information content (AvgIpc) is 2.93. The molecule has 0 N–H and O–H groups in total. The molecule has 1 aliphatic rings. The molecule has 1 fully saturated rings. The minimum Gasteiger partial charge on any atom is -0.464 e. The summed E-state index contributed by atoms with van der Waals surface area (Å²) in [7, 11) is -1.10. The van der Waals surface area contributed by atoms with Gasteiger partial charge in [0.1, 0.15) is 17.7 Å². The van der Waals surface area contributed by atoms with Gasteiger partial charge in [0, 0.05) is 6.08 Å². The summed E-state index contributed by atoms with van der Waals surface area (Å²) in [4.78, 5) is 11.5. The lowest BCUT2D eigenvalue weighted by Gasteiger charge is -2.32. The van der Waals surface area contributed by atoms with Crippen LogP contribution in [0.1, 0.15) is 50.7 Å². The molecule has 22 heavy (non-hydrogen) atoms. The number of halogens is 1. The summed E-state index contributed by atoms with van der Waals surface area (Å²) in [6.07, 6.45) is 2.37. The molecule has 1 aromatic rings. The summed E-state index contributed by atoms with van der Waals surface area (Å²) < 4.78 is 35.4. The normalized spacial score (nSPS) is 20.3. The van der Waals surface area contributed by atoms with E-state index >= 15 is 0 Å². The van der Waals surface area contributed by atoms with Crippen molar-refractivity contribution in [2.45, 2.75) is 45.8 Å². The first-order chi connectivity index (χ1) is 10.2. The number of hydrogen-bond donors (Lipinski definition) is 0. The fourth-order valence-electron chi connectivity index (χ4n) is 1.91. The number of carbonyl (C=O) groups is 1. The van der Waals surface area contributed by atoms with Gasteiger partial charge in [0.15, 0.2) is 0 Å². The topological polar surface area (TPSA) is 57.9 Å². The fourth-order valence-corrected chi connectivity index (χ4v) is 1.91. The lowest BCUT2D eigenvalue weighted by atomic mass is 9.87. The van der Waals surface area contributed by atoms with Crippen LogP contribution in [0.5, 0.6) is 0 Å². The van der Waals surface area contributed by atoms with E-state index in [0.29, 0.717) is 0 Å². The van der Waals surface area contributed by atoms with Crippen LogP contribution in [0.2, 0.25) is 0 Å². The van der Waals surface area contributed by atoms with Gasteiger partial charge in [-0.1, -0.05) is 0 Å². The molecule has 1 aliphatic heterocycles. The van der Waals surface area contributed by atoms with E-state index in [0.717, 1.165) is 6.08 Å². The van der Waals surface area contributed by atoms with Crippen LogP contribution in [0.3, 0.4) is 0 Å². The SMILES string of the molecule is CCOC(=O)c1coc(C=C(F)B2OC(C)(C)C(C)(C)O2)c1. The van der Waals surface area contributed by atoms with Gasteiger partial charge in [0.05, 0.1) is 23.4 Å². The van der Waals surface area contributed by atoms with Crippen LogP contribution in [0.4, 0.5) is 4.39 Å². The molecule has 1 saturated heterocycles. The molecule has 0 saturated carbocycles. The Morgan fingerprint density at radius 2 is 1.91 bits per heavy atom. The first-order valence-corrected chi connectivity index (χ1v) is 7.14. The highest BCUT2D eigenvalue weighted by Gasteiger charge is 2.53. The van der Waals surface area contributed by atoms with E-state index in [1.165, 1.54) is 12.3 Å². The van der Waals surface area contributed by atoms with Crippen molar-refractivity contribution in [1.82, 2.24) is 0 Å². The molecule has 2 rings (SSSR count). The van der Waals surface area contributed by atoms with E-state index < -0.39 is 30.0 Å². The molecule has 2 heterocycles. The Balaban J connectivity index is 2.12. The Hall–Kier alpha value is -1.60. The van der Waals surface area contributed by atoms with E-state index in [1.807, 2.05) is 27.7 Å². The quantitative estimate of drug-likeness (QED) is 0.630. The predicted molar refractivity (Wildman–Crippen MR) is 79.8 cm³/mol. The van der Waals surface area contributed by atoms with E-state index in [1.54, 1.807) is 6.92 Å². The van der Waals surface area contributed by atoms with Gasteiger partial charge >= 0.3 is 13.1 Å². The summed E-state index contributed by atoms with van der Waals surface area (Å²) in [5.74, 6) is -0.322. The molecule has 0 aliphatic carbocycles. The van der Waals surface area contributed by atoms with Gasteiger partial charge in [0.25, 0.3) is 0 Å². The van der Waals surface area contributed by atoms with Crippen LogP contribution in [-0.4, -0.2) is 30.9 Å². The summed E-state index contributed by atoms with van der Waals surface area (Å²) in [5.41, 5.74) is -1.64. The lowest BCUT2D eigenvalue weighted by Crippen LogP contribution is -2.41. The van der Waals surface area contributed by atoms with Crippen molar-refractivity contribution in [1.29, 1.82) is 0 Å². The summed E-state index contributed by atoms with van der Waals surface area (Å²) >= 11 is 0. The highest BCUT2D eigenvalue weighted by atomic mass is 19.1. The van der Waals surface area contributed by atoms with Gasteiger partial charge in [0.2, 0.25) is 0 Å². The largest absolute Gasteiger partial charge is 0.525 e. The number of carbonyl (C=O) groups excluding carboxylic acids is 1. The van der Waals surface area contributed by atoms with Gasteiger partial charge in [-0.25, -0.2) is 9.18 Å². The summed E-state index contributed by atoms with van der Waals surface area (Å²) in [5, 5.41) is 0. The van der Waals surface area contributed by atoms with Crippen LogP contribution >= 0.6 is 0 Å². The van der Waals surface area contributed by atoms with Gasteiger partial charge in [-0.3, -0.25) is 0 Å². The van der Waals surface area contributed by atoms with Gasteiger partial charge in [-0.05, 0) is 40.7 Å². The van der Waals surface area contributed by atoms with Gasteiger partial charge < -0.3 is 18.5 Å².